The molecule has 0 saturated heterocycles. The molecule has 0 unspecified atom stereocenters. The summed E-state index contributed by atoms with van der Waals surface area (Å²) < 4.78 is 5.81. The zero-order valence-electron chi connectivity index (χ0n) is 10.5. The first kappa shape index (κ1) is 14.3. The number of rotatable bonds is 1. The van der Waals surface area contributed by atoms with Crippen LogP contribution in [0.1, 0.15) is 0 Å². The van der Waals surface area contributed by atoms with Gasteiger partial charge in [-0.15, -0.1) is 0 Å². The highest BCUT2D eigenvalue weighted by atomic mass is 35.5. The Labute approximate surface area is 135 Å². The van der Waals surface area contributed by atoms with Gasteiger partial charge in [-0.05, 0) is 36.4 Å². The summed E-state index contributed by atoms with van der Waals surface area (Å²) in [4.78, 5) is 0. The summed E-state index contributed by atoms with van der Waals surface area (Å²) >= 11 is 18.0. The SMILES string of the molecule is O/N=c1\cc(-c2ccc(Cl)cc2)oc2c(Cl)cc(Cl)cc12. The topological polar surface area (TPSA) is 45.7 Å². The molecule has 0 aliphatic heterocycles. The van der Waals surface area contributed by atoms with E-state index in [9.17, 15) is 5.21 Å². The number of halogens is 3. The second-order valence-electron chi connectivity index (χ2n) is 4.37. The molecule has 0 aliphatic rings. The van der Waals surface area contributed by atoms with Crippen molar-refractivity contribution in [3.05, 3.63) is 62.9 Å². The molecule has 0 atom stereocenters. The quantitative estimate of drug-likeness (QED) is 0.479. The van der Waals surface area contributed by atoms with Crippen molar-refractivity contribution in [2.24, 2.45) is 5.16 Å². The monoisotopic (exact) mass is 339 g/mol. The Morgan fingerprint density at radius 2 is 1.62 bits per heavy atom. The first-order valence-electron chi connectivity index (χ1n) is 5.95. The fraction of sp³-hybridized carbons (Fsp3) is 0. The lowest BCUT2D eigenvalue weighted by molar-refractivity contribution is 0.302. The molecule has 0 fully saturated rings. The third-order valence-electron chi connectivity index (χ3n) is 3.00. The van der Waals surface area contributed by atoms with Crippen molar-refractivity contribution in [3.8, 4) is 11.3 Å². The first-order chi connectivity index (χ1) is 10.1. The van der Waals surface area contributed by atoms with Crippen LogP contribution in [0.2, 0.25) is 15.1 Å². The lowest BCUT2D eigenvalue weighted by Crippen LogP contribution is -2.03. The third-order valence-corrected chi connectivity index (χ3v) is 3.75. The average Bonchev–Trinajstić information content (AvgIpc) is 2.47. The molecule has 2 aromatic carbocycles. The van der Waals surface area contributed by atoms with Crippen molar-refractivity contribution in [1.82, 2.24) is 0 Å². The molecule has 0 aliphatic carbocycles. The van der Waals surface area contributed by atoms with E-state index >= 15 is 0 Å². The van der Waals surface area contributed by atoms with Gasteiger partial charge in [0.15, 0.2) is 5.58 Å². The Morgan fingerprint density at radius 3 is 2.29 bits per heavy atom. The number of hydrogen-bond acceptors (Lipinski definition) is 3. The van der Waals surface area contributed by atoms with Gasteiger partial charge in [0.05, 0.1) is 5.02 Å². The molecule has 1 aromatic heterocycles. The lowest BCUT2D eigenvalue weighted by Gasteiger charge is -2.06. The number of fused-ring (bicyclic) bond motifs is 1. The summed E-state index contributed by atoms with van der Waals surface area (Å²) in [6.45, 7) is 0. The van der Waals surface area contributed by atoms with Gasteiger partial charge in [0, 0.05) is 27.1 Å². The van der Waals surface area contributed by atoms with Gasteiger partial charge in [-0.2, -0.15) is 0 Å². The van der Waals surface area contributed by atoms with E-state index in [4.69, 9.17) is 39.2 Å². The van der Waals surface area contributed by atoms with Crippen LogP contribution < -0.4 is 5.36 Å². The third kappa shape index (κ3) is 2.72. The molecule has 21 heavy (non-hydrogen) atoms. The molecule has 6 heteroatoms. The summed E-state index contributed by atoms with van der Waals surface area (Å²) in [5.41, 5.74) is 1.19. The molecular formula is C15H8Cl3NO2. The normalized spacial score (nSPS) is 12.0. The van der Waals surface area contributed by atoms with Gasteiger partial charge in [-0.3, -0.25) is 0 Å². The van der Waals surface area contributed by atoms with Crippen LogP contribution in [0.3, 0.4) is 0 Å². The van der Waals surface area contributed by atoms with Crippen LogP contribution in [-0.4, -0.2) is 5.21 Å². The maximum Gasteiger partial charge on any atom is 0.155 e. The van der Waals surface area contributed by atoms with Crippen LogP contribution in [0.15, 0.2) is 52.0 Å². The van der Waals surface area contributed by atoms with Gasteiger partial charge in [0.2, 0.25) is 0 Å². The predicted octanol–water partition coefficient (Wildman–Crippen LogP) is 5.35. The molecule has 1 heterocycles. The Balaban J connectivity index is 2.34. The molecule has 0 bridgehead atoms. The van der Waals surface area contributed by atoms with Crippen molar-refractivity contribution >= 4 is 45.8 Å². The van der Waals surface area contributed by atoms with Crippen LogP contribution in [0.5, 0.6) is 0 Å². The van der Waals surface area contributed by atoms with Gasteiger partial charge < -0.3 is 9.62 Å². The summed E-state index contributed by atoms with van der Waals surface area (Å²) in [6.07, 6.45) is 0. The van der Waals surface area contributed by atoms with Gasteiger partial charge in [0.25, 0.3) is 0 Å². The number of hydrogen-bond donors (Lipinski definition) is 1. The second kappa shape index (κ2) is 5.60. The van der Waals surface area contributed by atoms with Crippen LogP contribution in [0, 0.1) is 0 Å². The molecule has 0 radical (unpaired) electrons. The lowest BCUT2D eigenvalue weighted by atomic mass is 10.1. The zero-order valence-corrected chi connectivity index (χ0v) is 12.7. The predicted molar refractivity (Wildman–Crippen MR) is 84.0 cm³/mol. The summed E-state index contributed by atoms with van der Waals surface area (Å²) in [5, 5.41) is 14.8. The van der Waals surface area contributed by atoms with E-state index in [1.165, 1.54) is 0 Å². The highest BCUT2D eigenvalue weighted by Crippen LogP contribution is 2.30. The summed E-state index contributed by atoms with van der Waals surface area (Å²) in [7, 11) is 0. The summed E-state index contributed by atoms with van der Waals surface area (Å²) in [5.74, 6) is 0.510. The standard InChI is InChI=1S/C15H8Cl3NO2/c16-9-3-1-8(2-4-9)14-7-13(19-20)11-5-10(17)6-12(18)15(11)21-14/h1-7,20H/b19-13+. The van der Waals surface area contributed by atoms with E-state index in [-0.39, 0.29) is 0 Å². The molecule has 0 saturated carbocycles. The van der Waals surface area contributed by atoms with E-state index < -0.39 is 0 Å². The van der Waals surface area contributed by atoms with Crippen molar-refractivity contribution in [3.63, 3.8) is 0 Å². The minimum absolute atomic E-state index is 0.325. The Hall–Kier alpha value is -1.68. The van der Waals surface area contributed by atoms with E-state index in [1.54, 1.807) is 42.5 Å². The van der Waals surface area contributed by atoms with E-state index in [0.717, 1.165) is 5.56 Å². The van der Waals surface area contributed by atoms with Gasteiger partial charge in [-0.1, -0.05) is 40.0 Å². The van der Waals surface area contributed by atoms with Gasteiger partial charge >= 0.3 is 0 Å². The van der Waals surface area contributed by atoms with E-state index in [0.29, 0.717) is 37.2 Å². The van der Waals surface area contributed by atoms with E-state index in [2.05, 4.69) is 5.16 Å². The van der Waals surface area contributed by atoms with Gasteiger partial charge in [-0.25, -0.2) is 0 Å². The van der Waals surface area contributed by atoms with Crippen molar-refractivity contribution in [2.45, 2.75) is 0 Å². The number of nitrogens with zero attached hydrogens (tertiary/aromatic N) is 1. The Morgan fingerprint density at radius 1 is 0.905 bits per heavy atom. The molecule has 3 rings (SSSR count). The van der Waals surface area contributed by atoms with E-state index in [1.807, 2.05) is 0 Å². The molecule has 3 nitrogen and oxygen atoms in total. The largest absolute Gasteiger partial charge is 0.454 e. The minimum atomic E-state index is 0.325. The maximum absolute atomic E-state index is 9.21. The van der Waals surface area contributed by atoms with Crippen LogP contribution in [0.25, 0.3) is 22.3 Å². The smallest absolute Gasteiger partial charge is 0.155 e. The van der Waals surface area contributed by atoms with Crippen molar-refractivity contribution in [1.29, 1.82) is 0 Å². The Bertz CT molecular complexity index is 886. The second-order valence-corrected chi connectivity index (χ2v) is 5.65. The van der Waals surface area contributed by atoms with Crippen LogP contribution in [-0.2, 0) is 0 Å². The van der Waals surface area contributed by atoms with Crippen LogP contribution >= 0.6 is 34.8 Å². The first-order valence-corrected chi connectivity index (χ1v) is 7.09. The molecule has 3 aromatic rings. The summed E-state index contributed by atoms with van der Waals surface area (Å²) in [6, 6.07) is 11.9. The van der Waals surface area contributed by atoms with Crippen molar-refractivity contribution in [2.75, 3.05) is 0 Å². The molecule has 106 valence electrons. The molecule has 0 spiro atoms. The molecule has 1 N–H and O–H groups in total. The van der Waals surface area contributed by atoms with Crippen molar-refractivity contribution < 1.29 is 9.62 Å². The molecular weight excluding hydrogens is 333 g/mol. The fourth-order valence-electron chi connectivity index (χ4n) is 2.03. The minimum Gasteiger partial charge on any atom is -0.454 e. The zero-order chi connectivity index (χ0) is 15.0. The Kier molecular flexibility index (Phi) is 3.81. The number of benzene rings is 2. The highest BCUT2D eigenvalue weighted by Gasteiger charge is 2.10. The highest BCUT2D eigenvalue weighted by molar-refractivity contribution is 6.38. The van der Waals surface area contributed by atoms with Crippen LogP contribution in [0.4, 0.5) is 0 Å². The molecule has 0 amide bonds. The maximum atomic E-state index is 9.21. The van der Waals surface area contributed by atoms with Gasteiger partial charge in [0.1, 0.15) is 11.1 Å². The fourth-order valence-corrected chi connectivity index (χ4v) is 2.69. The average molecular weight is 341 g/mol.